The zero-order valence-corrected chi connectivity index (χ0v) is 22.3. The Balaban J connectivity index is 1.42. The number of rotatable bonds is 9. The molecule has 6 nitrogen and oxygen atoms in total. The van der Waals surface area contributed by atoms with Crippen molar-refractivity contribution in [2.45, 2.75) is 43.2 Å². The fraction of sp³-hybridized carbons (Fsp3) is 0.200. The summed E-state index contributed by atoms with van der Waals surface area (Å²) >= 11 is 6.18. The molecule has 0 saturated heterocycles. The van der Waals surface area contributed by atoms with Gasteiger partial charge in [0.1, 0.15) is 4.90 Å². The average molecular weight is 546 g/mol. The van der Waals surface area contributed by atoms with Crippen molar-refractivity contribution in [2.24, 2.45) is 0 Å². The summed E-state index contributed by atoms with van der Waals surface area (Å²) in [6.07, 6.45) is 5.82. The van der Waals surface area contributed by atoms with Gasteiger partial charge >= 0.3 is 0 Å². The lowest BCUT2D eigenvalue weighted by atomic mass is 10.1. The molecule has 1 aromatic heterocycles. The van der Waals surface area contributed by atoms with Crippen molar-refractivity contribution >= 4 is 33.2 Å². The van der Waals surface area contributed by atoms with Gasteiger partial charge in [0, 0.05) is 30.5 Å². The van der Waals surface area contributed by atoms with Crippen LogP contribution in [-0.2, 0) is 34.2 Å². The predicted molar refractivity (Wildman–Crippen MR) is 149 cm³/mol. The molecule has 8 heteroatoms. The van der Waals surface area contributed by atoms with Gasteiger partial charge in [0.05, 0.1) is 11.6 Å². The van der Waals surface area contributed by atoms with E-state index in [4.69, 9.17) is 11.6 Å². The van der Waals surface area contributed by atoms with E-state index in [0.29, 0.717) is 25.8 Å². The van der Waals surface area contributed by atoms with Crippen molar-refractivity contribution in [3.05, 3.63) is 125 Å². The molecule has 38 heavy (non-hydrogen) atoms. The molecule has 0 saturated carbocycles. The maximum absolute atomic E-state index is 13.5. The number of nitrogens with one attached hydrogen (secondary N) is 1. The summed E-state index contributed by atoms with van der Waals surface area (Å²) in [7, 11) is -3.83. The number of nitrogens with zero attached hydrogens (tertiary/aromatic N) is 2. The SMILES string of the molecule is O=C(CCc1ccccc1)N(Cc1cccnc1)c1ccc2c(c1)C(NS(=O)(=O)c1ccccc1Cl)CC2. The first kappa shape index (κ1) is 26.1. The molecule has 4 aromatic rings. The number of carbonyl (C=O) groups excluding carboxylic acids is 1. The Hall–Kier alpha value is -3.52. The van der Waals surface area contributed by atoms with Gasteiger partial charge in [0.25, 0.3) is 0 Å². The third-order valence-electron chi connectivity index (χ3n) is 6.78. The standard InChI is InChI=1S/C30H28ClN3O3S/c31-27-10-4-5-11-29(27)38(36,37)33-28-16-14-24-13-15-25(19-26(24)28)34(21-23-9-6-18-32-20-23)30(35)17-12-22-7-2-1-3-8-22/h1-11,13,15,18-20,28,33H,12,14,16-17,21H2. The summed E-state index contributed by atoms with van der Waals surface area (Å²) in [6.45, 7) is 0.371. The Labute approximate surface area is 228 Å². The van der Waals surface area contributed by atoms with Gasteiger partial charge < -0.3 is 4.90 Å². The molecule has 0 aliphatic heterocycles. The maximum atomic E-state index is 13.5. The molecule has 5 rings (SSSR count). The van der Waals surface area contributed by atoms with Gasteiger partial charge in [-0.15, -0.1) is 0 Å². The van der Waals surface area contributed by atoms with Gasteiger partial charge in [0.2, 0.25) is 15.9 Å². The van der Waals surface area contributed by atoms with Crippen molar-refractivity contribution in [1.82, 2.24) is 9.71 Å². The van der Waals surface area contributed by atoms with E-state index < -0.39 is 16.1 Å². The largest absolute Gasteiger partial charge is 0.308 e. The van der Waals surface area contributed by atoms with Crippen LogP contribution in [-0.4, -0.2) is 19.3 Å². The second-order valence-corrected chi connectivity index (χ2v) is 11.4. The number of sulfonamides is 1. The first-order valence-electron chi connectivity index (χ1n) is 12.5. The Morgan fingerprint density at radius 2 is 1.74 bits per heavy atom. The summed E-state index contributed by atoms with van der Waals surface area (Å²) < 4.78 is 29.1. The van der Waals surface area contributed by atoms with Gasteiger partial charge in [-0.1, -0.05) is 66.2 Å². The summed E-state index contributed by atoms with van der Waals surface area (Å²) in [5.41, 5.74) is 4.69. The van der Waals surface area contributed by atoms with Crippen LogP contribution in [0.2, 0.25) is 5.02 Å². The third kappa shape index (κ3) is 5.96. The van der Waals surface area contributed by atoms with Crippen molar-refractivity contribution in [3.8, 4) is 0 Å². The van der Waals surface area contributed by atoms with E-state index in [9.17, 15) is 13.2 Å². The van der Waals surface area contributed by atoms with Gasteiger partial charge in [-0.05, 0) is 71.8 Å². The van der Waals surface area contributed by atoms with E-state index in [1.54, 1.807) is 35.5 Å². The second kappa shape index (κ2) is 11.5. The Kier molecular flexibility index (Phi) is 7.88. The zero-order valence-electron chi connectivity index (χ0n) is 20.8. The molecule has 1 N–H and O–H groups in total. The van der Waals surface area contributed by atoms with E-state index in [-0.39, 0.29) is 15.8 Å². The number of pyridine rings is 1. The number of aromatic nitrogens is 1. The van der Waals surface area contributed by atoms with E-state index in [0.717, 1.165) is 34.4 Å². The lowest BCUT2D eigenvalue weighted by Gasteiger charge is -2.25. The monoisotopic (exact) mass is 545 g/mol. The average Bonchev–Trinajstić information content (AvgIpc) is 3.33. The molecule has 1 aliphatic carbocycles. The molecule has 1 amide bonds. The number of hydrogen-bond donors (Lipinski definition) is 1. The molecule has 0 bridgehead atoms. The number of carbonyl (C=O) groups is 1. The van der Waals surface area contributed by atoms with Crippen LogP contribution in [0.4, 0.5) is 5.69 Å². The molecule has 3 aromatic carbocycles. The first-order valence-corrected chi connectivity index (χ1v) is 14.4. The number of hydrogen-bond acceptors (Lipinski definition) is 4. The van der Waals surface area contributed by atoms with Crippen molar-refractivity contribution in [3.63, 3.8) is 0 Å². The Morgan fingerprint density at radius 1 is 0.974 bits per heavy atom. The number of anilines is 1. The fourth-order valence-corrected chi connectivity index (χ4v) is 6.59. The molecule has 1 atom stereocenters. The van der Waals surface area contributed by atoms with Crippen LogP contribution in [0.1, 0.15) is 41.1 Å². The molecule has 194 valence electrons. The minimum Gasteiger partial charge on any atom is -0.308 e. The predicted octanol–water partition coefficient (Wildman–Crippen LogP) is 5.87. The zero-order chi connectivity index (χ0) is 26.5. The lowest BCUT2D eigenvalue weighted by molar-refractivity contribution is -0.118. The van der Waals surface area contributed by atoms with Crippen LogP contribution in [0.3, 0.4) is 0 Å². The number of amides is 1. The molecular formula is C30H28ClN3O3S. The number of benzene rings is 3. The number of fused-ring (bicyclic) bond motifs is 1. The molecule has 1 unspecified atom stereocenters. The van der Waals surface area contributed by atoms with Crippen LogP contribution in [0.5, 0.6) is 0 Å². The Bertz CT molecular complexity index is 1530. The first-order chi connectivity index (χ1) is 18.4. The topological polar surface area (TPSA) is 79.4 Å². The lowest BCUT2D eigenvalue weighted by Crippen LogP contribution is -2.31. The highest BCUT2D eigenvalue weighted by atomic mass is 35.5. The minimum absolute atomic E-state index is 0.0103. The third-order valence-corrected chi connectivity index (χ3v) is 8.75. The Morgan fingerprint density at radius 3 is 2.50 bits per heavy atom. The van der Waals surface area contributed by atoms with Gasteiger partial charge in [-0.2, -0.15) is 0 Å². The molecule has 1 aliphatic rings. The van der Waals surface area contributed by atoms with Crippen molar-refractivity contribution in [1.29, 1.82) is 0 Å². The van der Waals surface area contributed by atoms with Crippen LogP contribution in [0.15, 0.2) is 102 Å². The minimum atomic E-state index is -3.83. The van der Waals surface area contributed by atoms with Crippen LogP contribution in [0, 0.1) is 0 Å². The van der Waals surface area contributed by atoms with Crippen molar-refractivity contribution in [2.75, 3.05) is 4.90 Å². The second-order valence-electron chi connectivity index (χ2n) is 9.35. The van der Waals surface area contributed by atoms with Crippen molar-refractivity contribution < 1.29 is 13.2 Å². The number of halogens is 1. The molecule has 0 spiro atoms. The quantitative estimate of drug-likeness (QED) is 0.285. The van der Waals surface area contributed by atoms with Gasteiger partial charge in [-0.3, -0.25) is 9.78 Å². The number of aryl methyl sites for hydroxylation is 2. The normalized spacial score (nSPS) is 14.7. The summed E-state index contributed by atoms with van der Waals surface area (Å²) in [5, 5.41) is 0.179. The molecule has 1 heterocycles. The maximum Gasteiger partial charge on any atom is 0.242 e. The van der Waals surface area contributed by atoms with Crippen LogP contribution in [0.25, 0.3) is 0 Å². The van der Waals surface area contributed by atoms with E-state index in [2.05, 4.69) is 9.71 Å². The highest BCUT2D eigenvalue weighted by Crippen LogP contribution is 2.36. The van der Waals surface area contributed by atoms with Gasteiger partial charge in [-0.25, -0.2) is 13.1 Å². The van der Waals surface area contributed by atoms with E-state index >= 15 is 0 Å². The highest BCUT2D eigenvalue weighted by Gasteiger charge is 2.30. The van der Waals surface area contributed by atoms with E-state index in [1.807, 2.05) is 60.7 Å². The molecule has 0 fully saturated rings. The summed E-state index contributed by atoms with van der Waals surface area (Å²) in [4.78, 5) is 19.6. The molecule has 0 radical (unpaired) electrons. The smallest absolute Gasteiger partial charge is 0.242 e. The summed E-state index contributed by atoms with van der Waals surface area (Å²) in [5.74, 6) is -0.0103. The fourth-order valence-electron chi connectivity index (χ4n) is 4.82. The van der Waals surface area contributed by atoms with Crippen LogP contribution >= 0.6 is 11.6 Å². The van der Waals surface area contributed by atoms with Gasteiger partial charge in [0.15, 0.2) is 0 Å². The highest BCUT2D eigenvalue weighted by molar-refractivity contribution is 7.89. The summed E-state index contributed by atoms with van der Waals surface area (Å²) in [6, 6.07) is 25.6. The molecular weight excluding hydrogens is 518 g/mol. The van der Waals surface area contributed by atoms with E-state index in [1.165, 1.54) is 6.07 Å². The van der Waals surface area contributed by atoms with Crippen LogP contribution < -0.4 is 9.62 Å².